The van der Waals surface area contributed by atoms with Crippen LogP contribution in [0.4, 0.5) is 0 Å². The Balaban J connectivity index is 1.07. The minimum atomic E-state index is -1.02. The van der Waals surface area contributed by atoms with Crippen molar-refractivity contribution in [2.75, 3.05) is 0 Å². The second-order valence-electron chi connectivity index (χ2n) is 16.2. The summed E-state index contributed by atoms with van der Waals surface area (Å²) in [4.78, 5) is 0. The van der Waals surface area contributed by atoms with Gasteiger partial charge in [-0.25, -0.2) is 0 Å². The number of fused-ring (bicyclic) bond motifs is 6. The lowest BCUT2D eigenvalue weighted by Crippen LogP contribution is -2.08. The van der Waals surface area contributed by atoms with Crippen LogP contribution in [-0.2, 0) is 12.8 Å². The highest BCUT2D eigenvalue weighted by Gasteiger charge is 2.30. The van der Waals surface area contributed by atoms with E-state index < -0.39 is 57.5 Å². The summed E-state index contributed by atoms with van der Waals surface area (Å²) in [7, 11) is 0. The van der Waals surface area contributed by atoms with Crippen LogP contribution in [0.5, 0.6) is 57.5 Å². The minimum absolute atomic E-state index is 0.213. The Morgan fingerprint density at radius 3 is 0.734 bits per heavy atom. The Hall–Kier alpha value is -8.76. The van der Waals surface area contributed by atoms with Crippen molar-refractivity contribution < 1.29 is 51.1 Å². The van der Waals surface area contributed by atoms with Crippen molar-refractivity contribution in [3.8, 4) is 102 Å². The highest BCUT2D eigenvalue weighted by Crippen LogP contribution is 2.59. The van der Waals surface area contributed by atoms with Crippen molar-refractivity contribution in [3.05, 3.63) is 156 Å². The number of aromatic hydroxyl groups is 10. The molecule has 10 aromatic carbocycles. The molecule has 1 aliphatic carbocycles. The molecule has 64 heavy (non-hydrogen) atoms. The Kier molecular flexibility index (Phi) is 8.28. The third-order valence-corrected chi connectivity index (χ3v) is 12.9. The van der Waals surface area contributed by atoms with Crippen molar-refractivity contribution >= 4 is 43.1 Å². The molecular formula is C54H36O10. The Morgan fingerprint density at radius 1 is 0.219 bits per heavy atom. The summed E-state index contributed by atoms with van der Waals surface area (Å²) >= 11 is 0. The summed E-state index contributed by atoms with van der Waals surface area (Å²) in [6.07, 6.45) is 1.32. The molecule has 0 heterocycles. The SMILES string of the molecule is Oc1c(O)c(O)c(-c2c3ccccc3c(-c3ccc4c(c3)Cc3cc(-c5c6ccccc6c(-c6c(O)c(O)c(O)c(O)c6O)c6ccccc56)ccc3C4)c3ccccc23)c(O)c1O. The first-order chi connectivity index (χ1) is 30.9. The van der Waals surface area contributed by atoms with Gasteiger partial charge < -0.3 is 51.1 Å². The zero-order valence-electron chi connectivity index (χ0n) is 33.6. The quantitative estimate of drug-likeness (QED) is 0.0461. The van der Waals surface area contributed by atoms with Gasteiger partial charge in [-0.1, -0.05) is 133 Å². The number of hydrogen-bond donors (Lipinski definition) is 10. The first-order valence-corrected chi connectivity index (χ1v) is 20.4. The lowest BCUT2D eigenvalue weighted by atomic mass is 9.80. The molecule has 0 aromatic heterocycles. The monoisotopic (exact) mass is 844 g/mol. The number of phenols is 10. The molecular weight excluding hydrogens is 809 g/mol. The first kappa shape index (κ1) is 38.2. The van der Waals surface area contributed by atoms with Crippen LogP contribution in [0.1, 0.15) is 22.3 Å². The average molecular weight is 845 g/mol. The molecule has 0 atom stereocenters. The van der Waals surface area contributed by atoms with E-state index >= 15 is 0 Å². The van der Waals surface area contributed by atoms with Crippen molar-refractivity contribution in [2.45, 2.75) is 12.8 Å². The van der Waals surface area contributed by atoms with Crippen LogP contribution in [0.15, 0.2) is 133 Å². The third kappa shape index (κ3) is 5.32. The van der Waals surface area contributed by atoms with Gasteiger partial charge in [-0.2, -0.15) is 0 Å². The van der Waals surface area contributed by atoms with Crippen LogP contribution in [0.25, 0.3) is 87.6 Å². The van der Waals surface area contributed by atoms with E-state index in [9.17, 15) is 51.1 Å². The molecule has 312 valence electrons. The van der Waals surface area contributed by atoms with Gasteiger partial charge in [0, 0.05) is 11.1 Å². The van der Waals surface area contributed by atoms with Gasteiger partial charge in [-0.05, 0) is 100 Å². The minimum Gasteiger partial charge on any atom is -0.504 e. The van der Waals surface area contributed by atoms with Gasteiger partial charge in [-0.15, -0.1) is 0 Å². The summed E-state index contributed by atoms with van der Waals surface area (Å²) in [5.74, 6) is -8.91. The molecule has 10 nitrogen and oxygen atoms in total. The van der Waals surface area contributed by atoms with E-state index in [0.717, 1.165) is 54.9 Å². The summed E-state index contributed by atoms with van der Waals surface area (Å²) in [5.41, 5.74) is 8.63. The smallest absolute Gasteiger partial charge is 0.208 e. The maximum absolute atomic E-state index is 11.1. The first-order valence-electron chi connectivity index (χ1n) is 20.4. The molecule has 0 spiro atoms. The normalized spacial score (nSPS) is 12.2. The van der Waals surface area contributed by atoms with Gasteiger partial charge in [0.1, 0.15) is 0 Å². The number of hydrogen-bond acceptors (Lipinski definition) is 10. The summed E-state index contributed by atoms with van der Waals surface area (Å²) in [6, 6.07) is 43.0. The molecule has 0 bridgehead atoms. The standard InChI is InChI=1S/C54H36O10/c55-45-43(46(56)50(60)53(63)49(45)59)41-35-13-5-1-9-31(35)39(32-10-2-6-14-36(32)41)27-19-17-25-21-26-18-20-28(23-30(26)24-29(25)22-27)40-33-11-3-7-15-37(33)42(38-16-8-4-12-34(38)40)44-47(57)51(61)54(64)52(62)48(44)58/h1-20,22-23,55-64H,21,24H2. The summed E-state index contributed by atoms with van der Waals surface area (Å²) in [5, 5.41) is 113. The van der Waals surface area contributed by atoms with E-state index in [-0.39, 0.29) is 11.1 Å². The predicted octanol–water partition coefficient (Wildman–Crippen LogP) is 11.5. The fourth-order valence-corrected chi connectivity index (χ4v) is 9.91. The molecule has 0 aliphatic heterocycles. The molecule has 0 saturated heterocycles. The molecule has 10 heteroatoms. The summed E-state index contributed by atoms with van der Waals surface area (Å²) < 4.78 is 0. The maximum Gasteiger partial charge on any atom is 0.208 e. The Bertz CT molecular complexity index is 3270. The van der Waals surface area contributed by atoms with Crippen LogP contribution in [0.2, 0.25) is 0 Å². The van der Waals surface area contributed by atoms with Crippen LogP contribution in [0.3, 0.4) is 0 Å². The topological polar surface area (TPSA) is 202 Å². The highest BCUT2D eigenvalue weighted by atomic mass is 16.4. The van der Waals surface area contributed by atoms with Crippen molar-refractivity contribution in [2.24, 2.45) is 0 Å². The second-order valence-corrected chi connectivity index (χ2v) is 16.2. The van der Waals surface area contributed by atoms with Gasteiger partial charge >= 0.3 is 0 Å². The van der Waals surface area contributed by atoms with E-state index in [1.165, 1.54) is 11.1 Å². The van der Waals surface area contributed by atoms with Crippen LogP contribution >= 0.6 is 0 Å². The lowest BCUT2D eigenvalue weighted by molar-refractivity contribution is 0.330. The third-order valence-electron chi connectivity index (χ3n) is 12.9. The molecule has 0 fully saturated rings. The van der Waals surface area contributed by atoms with Gasteiger partial charge in [0.05, 0.1) is 11.1 Å². The fraction of sp³-hybridized carbons (Fsp3) is 0.0370. The van der Waals surface area contributed by atoms with E-state index in [0.29, 0.717) is 45.5 Å². The van der Waals surface area contributed by atoms with Gasteiger partial charge in [0.25, 0.3) is 0 Å². The molecule has 10 N–H and O–H groups in total. The Labute approximate surface area is 363 Å². The van der Waals surface area contributed by atoms with E-state index in [1.54, 1.807) is 0 Å². The lowest BCUT2D eigenvalue weighted by Gasteiger charge is -2.24. The van der Waals surface area contributed by atoms with Crippen LogP contribution in [-0.4, -0.2) is 51.1 Å². The van der Waals surface area contributed by atoms with Crippen LogP contribution < -0.4 is 0 Å². The van der Waals surface area contributed by atoms with Gasteiger partial charge in [-0.3, -0.25) is 0 Å². The number of benzene rings is 10. The maximum atomic E-state index is 11.1. The van der Waals surface area contributed by atoms with Gasteiger partial charge in [0.2, 0.25) is 34.5 Å². The average Bonchev–Trinajstić information content (AvgIpc) is 3.32. The van der Waals surface area contributed by atoms with Crippen LogP contribution in [0, 0.1) is 0 Å². The number of rotatable bonds is 4. The van der Waals surface area contributed by atoms with E-state index in [2.05, 4.69) is 36.4 Å². The molecule has 0 radical (unpaired) electrons. The molecule has 0 saturated carbocycles. The summed E-state index contributed by atoms with van der Waals surface area (Å²) in [6.45, 7) is 0. The largest absolute Gasteiger partial charge is 0.504 e. The van der Waals surface area contributed by atoms with E-state index in [4.69, 9.17) is 0 Å². The zero-order valence-corrected chi connectivity index (χ0v) is 33.6. The van der Waals surface area contributed by atoms with Crippen molar-refractivity contribution in [1.29, 1.82) is 0 Å². The zero-order chi connectivity index (χ0) is 44.3. The molecule has 10 aromatic rings. The second kappa shape index (κ2) is 13.9. The van der Waals surface area contributed by atoms with Gasteiger partial charge in [0.15, 0.2) is 23.0 Å². The van der Waals surface area contributed by atoms with E-state index in [1.807, 2.05) is 97.1 Å². The molecule has 11 rings (SSSR count). The predicted molar refractivity (Wildman–Crippen MR) is 247 cm³/mol. The molecule has 0 unspecified atom stereocenters. The molecule has 0 amide bonds. The Morgan fingerprint density at radius 2 is 0.453 bits per heavy atom. The van der Waals surface area contributed by atoms with Crippen molar-refractivity contribution in [3.63, 3.8) is 0 Å². The fourth-order valence-electron chi connectivity index (χ4n) is 9.91. The van der Waals surface area contributed by atoms with Crippen molar-refractivity contribution in [1.82, 2.24) is 0 Å². The highest BCUT2D eigenvalue weighted by molar-refractivity contribution is 6.24. The molecule has 1 aliphatic rings. The number of phenolic OH excluding ortho intramolecular Hbond substituents is 10.